The van der Waals surface area contributed by atoms with Crippen molar-refractivity contribution < 1.29 is 27.8 Å². The lowest BCUT2D eigenvalue weighted by Crippen LogP contribution is -2.57. The molecule has 0 radical (unpaired) electrons. The third-order valence-corrected chi connectivity index (χ3v) is 4.43. The van der Waals surface area contributed by atoms with Crippen molar-refractivity contribution in [3.05, 3.63) is 18.0 Å². The highest BCUT2D eigenvalue weighted by Crippen LogP contribution is 2.34. The number of amides is 1. The number of carbonyl (C=O) groups excluding carboxylic acids is 1. The van der Waals surface area contributed by atoms with Gasteiger partial charge in [-0.1, -0.05) is 0 Å². The fourth-order valence-corrected chi connectivity index (χ4v) is 2.86. The molecule has 24 heavy (non-hydrogen) atoms. The van der Waals surface area contributed by atoms with Crippen LogP contribution in [0.1, 0.15) is 31.4 Å². The summed E-state index contributed by atoms with van der Waals surface area (Å²) in [4.78, 5) is 13.1. The Labute approximate surface area is 138 Å². The number of nitrogens with zero attached hydrogens (tertiary/aromatic N) is 3. The number of halogens is 3. The molecule has 1 fully saturated rings. The lowest BCUT2D eigenvalue weighted by Gasteiger charge is -2.36. The molecule has 1 saturated heterocycles. The van der Waals surface area contributed by atoms with Gasteiger partial charge in [-0.05, 0) is 25.8 Å². The Kier molecular flexibility index (Phi) is 5.54. The Bertz CT molecular complexity index is 564. The van der Waals surface area contributed by atoms with E-state index >= 15 is 0 Å². The molecule has 1 N–H and O–H groups in total. The first-order valence-electron chi connectivity index (χ1n) is 7.77. The minimum absolute atomic E-state index is 0.115. The van der Waals surface area contributed by atoms with E-state index in [1.165, 1.54) is 0 Å². The number of carbonyl (C=O) groups is 1. The zero-order valence-electron chi connectivity index (χ0n) is 13.7. The maximum absolute atomic E-state index is 12.8. The van der Waals surface area contributed by atoms with Gasteiger partial charge in [0.05, 0.1) is 13.2 Å². The van der Waals surface area contributed by atoms with Crippen molar-refractivity contribution in [3.8, 4) is 0 Å². The average molecular weight is 349 g/mol. The van der Waals surface area contributed by atoms with Crippen molar-refractivity contribution in [3.63, 3.8) is 0 Å². The number of likely N-dealkylation sites (tertiary alicyclic amines) is 1. The second kappa shape index (κ2) is 7.10. The summed E-state index contributed by atoms with van der Waals surface area (Å²) in [5.41, 5.74) is -2.36. The first-order chi connectivity index (χ1) is 11.2. The molecule has 2 rings (SSSR count). The summed E-state index contributed by atoms with van der Waals surface area (Å²) >= 11 is 0. The number of hydrogen-bond acceptors (Lipinski definition) is 4. The third-order valence-electron chi connectivity index (χ3n) is 4.43. The molecular weight excluding hydrogens is 327 g/mol. The van der Waals surface area contributed by atoms with Gasteiger partial charge >= 0.3 is 6.18 Å². The lowest BCUT2D eigenvalue weighted by molar-refractivity contribution is -0.250. The van der Waals surface area contributed by atoms with Crippen LogP contribution < -0.4 is 0 Å². The van der Waals surface area contributed by atoms with Crippen molar-refractivity contribution >= 4 is 5.91 Å². The van der Waals surface area contributed by atoms with Gasteiger partial charge in [0, 0.05) is 38.0 Å². The third kappa shape index (κ3) is 3.72. The lowest BCUT2D eigenvalue weighted by atomic mass is 9.92. The van der Waals surface area contributed by atoms with E-state index in [2.05, 4.69) is 5.10 Å². The Morgan fingerprint density at radius 1 is 1.42 bits per heavy atom. The second-order valence-electron chi connectivity index (χ2n) is 6.11. The predicted molar refractivity (Wildman–Crippen MR) is 79.3 cm³/mol. The van der Waals surface area contributed by atoms with Gasteiger partial charge in [0.15, 0.2) is 0 Å². The highest BCUT2D eigenvalue weighted by Gasteiger charge is 2.57. The fourth-order valence-electron chi connectivity index (χ4n) is 2.86. The Hall–Kier alpha value is -1.61. The van der Waals surface area contributed by atoms with Crippen LogP contribution in [0.5, 0.6) is 0 Å². The SMILES string of the molecule is COCCn1nccc1C1CCN(C(=O)C(C)(O)C(F)(F)F)CC1. The summed E-state index contributed by atoms with van der Waals surface area (Å²) in [5, 5.41) is 13.7. The number of hydrogen-bond donors (Lipinski definition) is 1. The van der Waals surface area contributed by atoms with Crippen molar-refractivity contribution in [2.24, 2.45) is 0 Å². The average Bonchev–Trinajstić information content (AvgIpc) is 2.99. The van der Waals surface area contributed by atoms with Crippen LogP contribution in [0.4, 0.5) is 13.2 Å². The number of ether oxygens (including phenoxy) is 1. The number of rotatable bonds is 5. The van der Waals surface area contributed by atoms with E-state index < -0.39 is 17.7 Å². The van der Waals surface area contributed by atoms with Gasteiger partial charge in [0.1, 0.15) is 0 Å². The molecule has 1 aliphatic rings. The number of piperidine rings is 1. The van der Waals surface area contributed by atoms with E-state index in [1.54, 1.807) is 13.3 Å². The minimum atomic E-state index is -4.99. The zero-order valence-corrected chi connectivity index (χ0v) is 13.7. The van der Waals surface area contributed by atoms with Crippen molar-refractivity contribution in [2.45, 2.75) is 44.0 Å². The van der Waals surface area contributed by atoms with Crippen LogP contribution in [-0.2, 0) is 16.1 Å². The van der Waals surface area contributed by atoms with Crippen LogP contribution in [0, 0.1) is 0 Å². The van der Waals surface area contributed by atoms with Crippen LogP contribution >= 0.6 is 0 Å². The van der Waals surface area contributed by atoms with E-state index in [0.29, 0.717) is 32.9 Å². The summed E-state index contributed by atoms with van der Waals surface area (Å²) in [6.45, 7) is 1.96. The van der Waals surface area contributed by atoms with Crippen LogP contribution in [0.3, 0.4) is 0 Å². The zero-order chi connectivity index (χ0) is 18.0. The monoisotopic (exact) mass is 349 g/mol. The maximum Gasteiger partial charge on any atom is 0.426 e. The molecule has 0 spiro atoms. The maximum atomic E-state index is 12.8. The van der Waals surface area contributed by atoms with E-state index in [-0.39, 0.29) is 19.0 Å². The van der Waals surface area contributed by atoms with Crippen molar-refractivity contribution in [1.82, 2.24) is 14.7 Å². The number of methoxy groups -OCH3 is 1. The predicted octanol–water partition coefficient (Wildman–Crippen LogP) is 1.55. The Morgan fingerprint density at radius 3 is 2.58 bits per heavy atom. The van der Waals surface area contributed by atoms with Gasteiger partial charge < -0.3 is 14.7 Å². The molecule has 136 valence electrons. The highest BCUT2D eigenvalue weighted by atomic mass is 19.4. The second-order valence-corrected chi connectivity index (χ2v) is 6.11. The van der Waals surface area contributed by atoms with Gasteiger partial charge in [-0.25, -0.2) is 0 Å². The van der Waals surface area contributed by atoms with Crippen LogP contribution in [0.25, 0.3) is 0 Å². The quantitative estimate of drug-likeness (QED) is 0.876. The fraction of sp³-hybridized carbons (Fsp3) is 0.733. The van der Waals surface area contributed by atoms with Gasteiger partial charge in [-0.15, -0.1) is 0 Å². The molecule has 9 heteroatoms. The van der Waals surface area contributed by atoms with Gasteiger partial charge in [-0.2, -0.15) is 18.3 Å². The summed E-state index contributed by atoms with van der Waals surface area (Å²) in [5.74, 6) is -1.18. The van der Waals surface area contributed by atoms with Crippen LogP contribution in [-0.4, -0.2) is 64.3 Å². The standard InChI is InChI=1S/C15H22F3N3O3/c1-14(23,15(16,17)18)13(22)20-7-4-11(5-8-20)12-3-6-19-21(12)9-10-24-2/h3,6,11,23H,4-5,7-10H2,1-2H3. The van der Waals surface area contributed by atoms with Gasteiger partial charge in [0.2, 0.25) is 5.60 Å². The molecule has 0 bridgehead atoms. The summed E-state index contributed by atoms with van der Waals surface area (Å²) in [6.07, 6.45) is -2.26. The molecule has 0 aliphatic carbocycles. The first-order valence-corrected chi connectivity index (χ1v) is 7.77. The largest absolute Gasteiger partial charge is 0.426 e. The smallest absolute Gasteiger partial charge is 0.383 e. The van der Waals surface area contributed by atoms with E-state index in [9.17, 15) is 23.1 Å². The topological polar surface area (TPSA) is 67.6 Å². The normalized spacial score (nSPS) is 19.3. The van der Waals surface area contributed by atoms with E-state index in [0.717, 1.165) is 10.6 Å². The van der Waals surface area contributed by atoms with Crippen LogP contribution in [0.15, 0.2) is 12.3 Å². The highest BCUT2D eigenvalue weighted by molar-refractivity contribution is 5.85. The molecule has 1 aromatic rings. The first kappa shape index (κ1) is 18.7. The molecule has 1 amide bonds. The molecule has 0 saturated carbocycles. The molecule has 2 heterocycles. The van der Waals surface area contributed by atoms with E-state index in [1.807, 2.05) is 10.7 Å². The summed E-state index contributed by atoms with van der Waals surface area (Å²) < 4.78 is 45.2. The molecular formula is C15H22F3N3O3. The molecule has 1 atom stereocenters. The Balaban J connectivity index is 1.99. The van der Waals surface area contributed by atoms with Crippen molar-refractivity contribution in [1.29, 1.82) is 0 Å². The summed E-state index contributed by atoms with van der Waals surface area (Å²) in [6, 6.07) is 1.88. The van der Waals surface area contributed by atoms with Gasteiger partial charge in [-0.3, -0.25) is 9.48 Å². The molecule has 0 aromatic carbocycles. The van der Waals surface area contributed by atoms with Crippen molar-refractivity contribution in [2.75, 3.05) is 26.8 Å². The Morgan fingerprint density at radius 2 is 2.04 bits per heavy atom. The molecule has 1 aliphatic heterocycles. The molecule has 1 aromatic heterocycles. The minimum Gasteiger partial charge on any atom is -0.383 e. The number of aliphatic hydroxyl groups is 1. The number of alkyl halides is 3. The molecule has 6 nitrogen and oxygen atoms in total. The number of aromatic nitrogens is 2. The molecule has 1 unspecified atom stereocenters. The van der Waals surface area contributed by atoms with Gasteiger partial charge in [0.25, 0.3) is 5.91 Å². The summed E-state index contributed by atoms with van der Waals surface area (Å²) in [7, 11) is 1.60. The van der Waals surface area contributed by atoms with E-state index in [4.69, 9.17) is 4.74 Å². The van der Waals surface area contributed by atoms with Crippen LogP contribution in [0.2, 0.25) is 0 Å².